The van der Waals surface area contributed by atoms with Gasteiger partial charge in [0.15, 0.2) is 8.32 Å². The molecule has 1 saturated carbocycles. The Morgan fingerprint density at radius 3 is 2.47 bits per heavy atom. The first-order chi connectivity index (χ1) is 7.63. The standard InChI is InChI=1S/C12H25NO3Si/c1-12(2,3)17(4,5)15-7-6-9-8-10(9)16-11(13)14/h9-10H,6-8H2,1-5H3,(H2,13,14)/t9-,10-/m1/s1. The van der Waals surface area contributed by atoms with E-state index in [0.717, 1.165) is 19.4 Å². The molecule has 2 N–H and O–H groups in total. The van der Waals surface area contributed by atoms with Gasteiger partial charge >= 0.3 is 6.09 Å². The van der Waals surface area contributed by atoms with E-state index in [1.54, 1.807) is 0 Å². The van der Waals surface area contributed by atoms with Crippen molar-refractivity contribution >= 4 is 14.4 Å². The summed E-state index contributed by atoms with van der Waals surface area (Å²) in [6.45, 7) is 12.0. The zero-order chi connectivity index (χ0) is 13.3. The number of hydrogen-bond acceptors (Lipinski definition) is 3. The van der Waals surface area contributed by atoms with Crippen molar-refractivity contribution in [2.24, 2.45) is 11.7 Å². The Morgan fingerprint density at radius 2 is 2.00 bits per heavy atom. The Kier molecular flexibility index (Phi) is 4.25. The Hall–Kier alpha value is -0.553. The number of ether oxygens (including phenoxy) is 1. The molecule has 100 valence electrons. The molecule has 4 nitrogen and oxygen atoms in total. The van der Waals surface area contributed by atoms with E-state index in [1.807, 2.05) is 0 Å². The van der Waals surface area contributed by atoms with E-state index < -0.39 is 14.4 Å². The van der Waals surface area contributed by atoms with Crippen molar-refractivity contribution in [3.8, 4) is 0 Å². The van der Waals surface area contributed by atoms with Gasteiger partial charge in [0.1, 0.15) is 6.10 Å². The molecule has 5 heteroatoms. The van der Waals surface area contributed by atoms with E-state index >= 15 is 0 Å². The average Bonchev–Trinajstić information content (AvgIpc) is 2.79. The van der Waals surface area contributed by atoms with Crippen molar-refractivity contribution in [1.82, 2.24) is 0 Å². The maximum absolute atomic E-state index is 10.5. The largest absolute Gasteiger partial charge is 0.446 e. The van der Waals surface area contributed by atoms with Gasteiger partial charge in [-0.3, -0.25) is 0 Å². The summed E-state index contributed by atoms with van der Waals surface area (Å²) in [6.07, 6.45) is 1.27. The average molecular weight is 259 g/mol. The van der Waals surface area contributed by atoms with Gasteiger partial charge in [0.25, 0.3) is 0 Å². The number of carbonyl (C=O) groups excluding carboxylic acids is 1. The van der Waals surface area contributed by atoms with Gasteiger partial charge in [0.05, 0.1) is 0 Å². The predicted octanol–water partition coefficient (Wildman–Crippen LogP) is 2.88. The SMILES string of the molecule is CC(C)(C)[Si](C)(C)OCC[C@@H]1C[C@H]1OC(N)=O. The molecule has 0 spiro atoms. The fraction of sp³-hybridized carbons (Fsp3) is 0.917. The minimum atomic E-state index is -1.63. The zero-order valence-corrected chi connectivity index (χ0v) is 12.6. The predicted molar refractivity (Wildman–Crippen MR) is 70.3 cm³/mol. The second-order valence-electron chi connectivity index (χ2n) is 6.37. The second-order valence-corrected chi connectivity index (χ2v) is 11.2. The van der Waals surface area contributed by atoms with Gasteiger partial charge in [-0.05, 0) is 31.0 Å². The second kappa shape index (κ2) is 4.98. The van der Waals surface area contributed by atoms with E-state index in [1.165, 1.54) is 0 Å². The van der Waals surface area contributed by atoms with Crippen LogP contribution in [-0.2, 0) is 9.16 Å². The van der Waals surface area contributed by atoms with Crippen LogP contribution in [-0.4, -0.2) is 27.1 Å². The van der Waals surface area contributed by atoms with Crippen LogP contribution in [0.2, 0.25) is 18.1 Å². The smallest absolute Gasteiger partial charge is 0.404 e. The van der Waals surface area contributed by atoms with Crippen molar-refractivity contribution in [1.29, 1.82) is 0 Å². The zero-order valence-electron chi connectivity index (χ0n) is 11.6. The molecule has 1 fully saturated rings. The number of hydrogen-bond donors (Lipinski definition) is 1. The molecule has 0 heterocycles. The first-order valence-electron chi connectivity index (χ1n) is 6.23. The highest BCUT2D eigenvalue weighted by Gasteiger charge is 2.41. The van der Waals surface area contributed by atoms with Crippen molar-refractivity contribution in [3.63, 3.8) is 0 Å². The topological polar surface area (TPSA) is 61.6 Å². The van der Waals surface area contributed by atoms with Gasteiger partial charge in [-0.2, -0.15) is 0 Å². The molecule has 0 bridgehead atoms. The van der Waals surface area contributed by atoms with Crippen LogP contribution >= 0.6 is 0 Å². The Labute approximate surface area is 105 Å². The van der Waals surface area contributed by atoms with E-state index in [9.17, 15) is 4.79 Å². The molecule has 1 rings (SSSR count). The first kappa shape index (κ1) is 14.5. The Balaban J connectivity index is 2.20. The van der Waals surface area contributed by atoms with E-state index in [4.69, 9.17) is 14.9 Å². The van der Waals surface area contributed by atoms with Gasteiger partial charge < -0.3 is 14.9 Å². The Morgan fingerprint density at radius 1 is 1.41 bits per heavy atom. The van der Waals surface area contributed by atoms with Crippen LogP contribution in [0.3, 0.4) is 0 Å². The fourth-order valence-corrected chi connectivity index (χ4v) is 2.56. The summed E-state index contributed by atoms with van der Waals surface area (Å²) in [7, 11) is -1.63. The van der Waals surface area contributed by atoms with Crippen LogP contribution in [0.4, 0.5) is 4.79 Å². The number of carbonyl (C=O) groups is 1. The minimum absolute atomic E-state index is 0.0375. The van der Waals surface area contributed by atoms with E-state index in [2.05, 4.69) is 33.9 Å². The van der Waals surface area contributed by atoms with E-state index in [-0.39, 0.29) is 11.1 Å². The third kappa shape index (κ3) is 4.31. The lowest BCUT2D eigenvalue weighted by Crippen LogP contribution is -2.41. The van der Waals surface area contributed by atoms with Gasteiger partial charge in [-0.1, -0.05) is 20.8 Å². The van der Waals surface area contributed by atoms with E-state index in [0.29, 0.717) is 5.92 Å². The summed E-state index contributed by atoms with van der Waals surface area (Å²) in [5.41, 5.74) is 4.97. The highest BCUT2D eigenvalue weighted by Crippen LogP contribution is 2.39. The maximum Gasteiger partial charge on any atom is 0.404 e. The minimum Gasteiger partial charge on any atom is -0.446 e. The molecule has 1 aliphatic carbocycles. The number of nitrogens with two attached hydrogens (primary N) is 1. The van der Waals surface area contributed by atoms with Crippen LogP contribution in [0.25, 0.3) is 0 Å². The summed E-state index contributed by atoms with van der Waals surface area (Å²) in [5, 5.41) is 0.250. The van der Waals surface area contributed by atoms with Crippen LogP contribution in [0.1, 0.15) is 33.6 Å². The van der Waals surface area contributed by atoms with Crippen molar-refractivity contribution < 1.29 is 14.0 Å². The fourth-order valence-electron chi connectivity index (χ4n) is 1.50. The monoisotopic (exact) mass is 259 g/mol. The summed E-state index contributed by atoms with van der Waals surface area (Å²) in [4.78, 5) is 10.5. The van der Waals surface area contributed by atoms with Crippen LogP contribution in [0.5, 0.6) is 0 Å². The lowest BCUT2D eigenvalue weighted by Gasteiger charge is -2.36. The first-order valence-corrected chi connectivity index (χ1v) is 9.14. The molecule has 0 saturated heterocycles. The lowest BCUT2D eigenvalue weighted by molar-refractivity contribution is 0.140. The maximum atomic E-state index is 10.5. The summed E-state index contributed by atoms with van der Waals surface area (Å²) < 4.78 is 11.0. The Bertz CT molecular complexity index is 286. The highest BCUT2D eigenvalue weighted by molar-refractivity contribution is 6.74. The van der Waals surface area contributed by atoms with Crippen molar-refractivity contribution in [2.45, 2.75) is 57.8 Å². The van der Waals surface area contributed by atoms with Crippen LogP contribution in [0, 0.1) is 5.92 Å². The third-order valence-electron chi connectivity index (χ3n) is 3.88. The molecular formula is C12H25NO3Si. The van der Waals surface area contributed by atoms with Crippen LogP contribution in [0.15, 0.2) is 0 Å². The molecule has 2 atom stereocenters. The number of rotatable bonds is 5. The van der Waals surface area contributed by atoms with Gasteiger partial charge in [-0.25, -0.2) is 4.79 Å². The van der Waals surface area contributed by atoms with Gasteiger partial charge in [-0.15, -0.1) is 0 Å². The highest BCUT2D eigenvalue weighted by atomic mass is 28.4. The van der Waals surface area contributed by atoms with Crippen molar-refractivity contribution in [3.05, 3.63) is 0 Å². The molecular weight excluding hydrogens is 234 g/mol. The molecule has 17 heavy (non-hydrogen) atoms. The normalized spacial score (nSPS) is 24.5. The molecule has 0 aromatic rings. The molecule has 0 aliphatic heterocycles. The molecule has 1 aliphatic rings. The number of amides is 1. The van der Waals surface area contributed by atoms with Gasteiger partial charge in [0.2, 0.25) is 0 Å². The summed E-state index contributed by atoms with van der Waals surface area (Å²) in [6, 6.07) is 0. The summed E-state index contributed by atoms with van der Waals surface area (Å²) in [5.74, 6) is 0.451. The summed E-state index contributed by atoms with van der Waals surface area (Å²) >= 11 is 0. The third-order valence-corrected chi connectivity index (χ3v) is 8.42. The van der Waals surface area contributed by atoms with Crippen LogP contribution < -0.4 is 5.73 Å². The molecule has 0 radical (unpaired) electrons. The molecule has 0 unspecified atom stereocenters. The number of primary amides is 1. The van der Waals surface area contributed by atoms with Crippen molar-refractivity contribution in [2.75, 3.05) is 6.61 Å². The molecule has 0 aromatic carbocycles. The lowest BCUT2D eigenvalue weighted by atomic mass is 10.2. The molecule has 1 amide bonds. The quantitative estimate of drug-likeness (QED) is 0.772. The molecule has 0 aromatic heterocycles. The van der Waals surface area contributed by atoms with Gasteiger partial charge in [0, 0.05) is 12.5 Å².